The molecule has 1 aromatic heterocycles. The van der Waals surface area contributed by atoms with Crippen LogP contribution in [0.1, 0.15) is 13.8 Å². The van der Waals surface area contributed by atoms with Crippen molar-refractivity contribution in [3.8, 4) is 0 Å². The fourth-order valence-electron chi connectivity index (χ4n) is 0.463. The molecule has 0 aliphatic carbocycles. The van der Waals surface area contributed by atoms with E-state index >= 15 is 0 Å². The van der Waals surface area contributed by atoms with Gasteiger partial charge in [0.05, 0.1) is 6.26 Å². The lowest BCUT2D eigenvalue weighted by Crippen LogP contribution is -1.93. The maximum absolute atomic E-state index is 10.6. The van der Waals surface area contributed by atoms with Crippen molar-refractivity contribution in [2.75, 3.05) is 6.26 Å². The second-order valence-corrected chi connectivity index (χ2v) is 3.75. The first kappa shape index (κ1) is 10.2. The molecule has 0 bridgehead atoms. The summed E-state index contributed by atoms with van der Waals surface area (Å²) in [4.78, 5) is 0.225. The van der Waals surface area contributed by atoms with Crippen LogP contribution in [0.15, 0.2) is 27.9 Å². The SMILES string of the molecule is CC.CS(=O)(=O)c1ccoc1. The lowest BCUT2D eigenvalue weighted by Gasteiger charge is -1.85. The van der Waals surface area contributed by atoms with E-state index in [4.69, 9.17) is 0 Å². The molecule has 0 aliphatic rings. The Bertz CT molecular complexity index is 271. The standard InChI is InChI=1S/C5H6O3S.C2H6/c1-9(6,7)5-2-3-8-4-5;1-2/h2-4H,1H3;1-2H3. The van der Waals surface area contributed by atoms with Crippen LogP contribution in [-0.2, 0) is 9.84 Å². The van der Waals surface area contributed by atoms with Crippen LogP contribution in [0.3, 0.4) is 0 Å². The van der Waals surface area contributed by atoms with Crippen molar-refractivity contribution in [2.45, 2.75) is 18.7 Å². The van der Waals surface area contributed by atoms with Gasteiger partial charge in [-0.25, -0.2) is 8.42 Å². The molecule has 0 amide bonds. The van der Waals surface area contributed by atoms with Crippen LogP contribution in [0.2, 0.25) is 0 Å². The van der Waals surface area contributed by atoms with Crippen LogP contribution in [0, 0.1) is 0 Å². The molecule has 0 saturated carbocycles. The Morgan fingerprint density at radius 2 is 1.91 bits per heavy atom. The van der Waals surface area contributed by atoms with Crippen LogP contribution >= 0.6 is 0 Å². The predicted molar refractivity (Wildman–Crippen MR) is 43.2 cm³/mol. The second-order valence-electron chi connectivity index (χ2n) is 1.73. The quantitative estimate of drug-likeness (QED) is 0.654. The third-order valence-electron chi connectivity index (χ3n) is 0.923. The molecule has 11 heavy (non-hydrogen) atoms. The minimum atomic E-state index is -3.05. The average molecular weight is 176 g/mol. The van der Waals surface area contributed by atoms with Crippen LogP contribution in [-0.4, -0.2) is 14.7 Å². The molecule has 0 N–H and O–H groups in total. The van der Waals surface area contributed by atoms with Crippen molar-refractivity contribution in [1.29, 1.82) is 0 Å². The molecule has 0 atom stereocenters. The van der Waals surface area contributed by atoms with E-state index in [-0.39, 0.29) is 4.90 Å². The number of sulfone groups is 1. The molecule has 3 nitrogen and oxygen atoms in total. The van der Waals surface area contributed by atoms with Gasteiger partial charge in [0.25, 0.3) is 0 Å². The van der Waals surface area contributed by atoms with Gasteiger partial charge in [-0.15, -0.1) is 0 Å². The van der Waals surface area contributed by atoms with Gasteiger partial charge >= 0.3 is 0 Å². The molecule has 0 radical (unpaired) electrons. The summed E-state index contributed by atoms with van der Waals surface area (Å²) in [5, 5.41) is 0. The highest BCUT2D eigenvalue weighted by Crippen LogP contribution is 2.06. The van der Waals surface area contributed by atoms with Gasteiger partial charge in [-0.05, 0) is 6.07 Å². The van der Waals surface area contributed by atoms with Crippen molar-refractivity contribution >= 4 is 9.84 Å². The van der Waals surface area contributed by atoms with Gasteiger partial charge in [0, 0.05) is 6.26 Å². The average Bonchev–Trinajstić information content (AvgIpc) is 2.40. The molecule has 0 saturated heterocycles. The highest BCUT2D eigenvalue weighted by molar-refractivity contribution is 7.90. The number of hydrogen-bond acceptors (Lipinski definition) is 3. The minimum absolute atomic E-state index is 0.225. The van der Waals surface area contributed by atoms with Gasteiger partial charge in [-0.1, -0.05) is 13.8 Å². The Morgan fingerprint density at radius 1 is 1.36 bits per heavy atom. The van der Waals surface area contributed by atoms with Gasteiger partial charge < -0.3 is 4.42 Å². The molecular formula is C7H12O3S. The molecule has 0 aliphatic heterocycles. The van der Waals surface area contributed by atoms with Crippen molar-refractivity contribution in [3.63, 3.8) is 0 Å². The molecule has 4 heteroatoms. The molecule has 0 fully saturated rings. The molecular weight excluding hydrogens is 164 g/mol. The third kappa shape index (κ3) is 3.23. The Kier molecular flexibility index (Phi) is 3.89. The van der Waals surface area contributed by atoms with Crippen molar-refractivity contribution in [1.82, 2.24) is 0 Å². The van der Waals surface area contributed by atoms with E-state index in [9.17, 15) is 8.42 Å². The summed E-state index contributed by atoms with van der Waals surface area (Å²) >= 11 is 0. The number of hydrogen-bond donors (Lipinski definition) is 0. The van der Waals surface area contributed by atoms with Crippen molar-refractivity contribution in [3.05, 3.63) is 18.6 Å². The van der Waals surface area contributed by atoms with Crippen molar-refractivity contribution < 1.29 is 12.8 Å². The normalized spacial score (nSPS) is 10.1. The summed E-state index contributed by atoms with van der Waals surface area (Å²) in [6.07, 6.45) is 3.67. The Labute approximate surface area is 67.0 Å². The van der Waals surface area contributed by atoms with Gasteiger partial charge in [-0.2, -0.15) is 0 Å². The minimum Gasteiger partial charge on any atom is -0.471 e. The van der Waals surface area contributed by atoms with Gasteiger partial charge in [0.15, 0.2) is 9.84 Å². The maximum Gasteiger partial charge on any atom is 0.178 e. The smallest absolute Gasteiger partial charge is 0.178 e. The fraction of sp³-hybridized carbons (Fsp3) is 0.429. The van der Waals surface area contributed by atoms with Crippen LogP contribution in [0.5, 0.6) is 0 Å². The third-order valence-corrected chi connectivity index (χ3v) is 2.01. The van der Waals surface area contributed by atoms with E-state index < -0.39 is 9.84 Å². The largest absolute Gasteiger partial charge is 0.471 e. The first-order valence-corrected chi connectivity index (χ1v) is 5.22. The summed E-state index contributed by atoms with van der Waals surface area (Å²) in [6.45, 7) is 4.00. The lowest BCUT2D eigenvalue weighted by atomic mass is 10.7. The molecule has 0 spiro atoms. The molecule has 0 aromatic carbocycles. The molecule has 1 aromatic rings. The highest BCUT2D eigenvalue weighted by atomic mass is 32.2. The topological polar surface area (TPSA) is 47.3 Å². The summed E-state index contributed by atoms with van der Waals surface area (Å²) in [5.41, 5.74) is 0. The highest BCUT2D eigenvalue weighted by Gasteiger charge is 2.05. The van der Waals surface area contributed by atoms with Gasteiger partial charge in [-0.3, -0.25) is 0 Å². The van der Waals surface area contributed by atoms with E-state index in [1.807, 2.05) is 13.8 Å². The summed E-state index contributed by atoms with van der Waals surface area (Å²) in [7, 11) is -3.05. The Hall–Kier alpha value is -0.770. The second kappa shape index (κ2) is 4.18. The lowest BCUT2D eigenvalue weighted by molar-refractivity contribution is 0.557. The summed E-state index contributed by atoms with van der Waals surface area (Å²) in [6, 6.07) is 1.41. The monoisotopic (exact) mass is 176 g/mol. The predicted octanol–water partition coefficient (Wildman–Crippen LogP) is 1.71. The van der Waals surface area contributed by atoms with Gasteiger partial charge in [0.1, 0.15) is 11.2 Å². The van der Waals surface area contributed by atoms with E-state index in [2.05, 4.69) is 4.42 Å². The molecule has 1 heterocycles. The fourth-order valence-corrected chi connectivity index (χ4v) is 0.996. The van der Waals surface area contributed by atoms with E-state index in [1.165, 1.54) is 18.6 Å². The maximum atomic E-state index is 10.6. The van der Waals surface area contributed by atoms with Crippen LogP contribution in [0.4, 0.5) is 0 Å². The molecule has 64 valence electrons. The number of rotatable bonds is 1. The Morgan fingerprint density at radius 3 is 2.09 bits per heavy atom. The van der Waals surface area contributed by atoms with Gasteiger partial charge in [0.2, 0.25) is 0 Å². The first-order valence-electron chi connectivity index (χ1n) is 3.33. The van der Waals surface area contributed by atoms with Crippen molar-refractivity contribution in [2.24, 2.45) is 0 Å². The van der Waals surface area contributed by atoms with E-state index in [0.29, 0.717) is 0 Å². The zero-order valence-corrected chi connectivity index (χ0v) is 7.68. The van der Waals surface area contributed by atoms with Crippen LogP contribution in [0.25, 0.3) is 0 Å². The molecule has 1 rings (SSSR count). The van der Waals surface area contributed by atoms with E-state index in [1.54, 1.807) is 0 Å². The summed E-state index contributed by atoms with van der Waals surface area (Å²) < 4.78 is 25.8. The summed E-state index contributed by atoms with van der Waals surface area (Å²) in [5.74, 6) is 0. The zero-order valence-electron chi connectivity index (χ0n) is 6.87. The number of furan rings is 1. The first-order chi connectivity index (χ1) is 5.11. The van der Waals surface area contributed by atoms with Crippen LogP contribution < -0.4 is 0 Å². The van der Waals surface area contributed by atoms with E-state index in [0.717, 1.165) is 6.26 Å². The Balaban J connectivity index is 0.000000461. The zero-order chi connectivity index (χ0) is 8.91. The molecule has 0 unspecified atom stereocenters.